The predicted molar refractivity (Wildman–Crippen MR) is 125 cm³/mol. The maximum atomic E-state index is 12.1. The second-order valence-corrected chi connectivity index (χ2v) is 6.59. The Labute approximate surface area is 196 Å². The van der Waals surface area contributed by atoms with Crippen LogP contribution in [-0.2, 0) is 29.2 Å². The van der Waals surface area contributed by atoms with Crippen LogP contribution in [0.25, 0.3) is 0 Å². The van der Waals surface area contributed by atoms with Crippen molar-refractivity contribution in [1.82, 2.24) is 10.6 Å². The third kappa shape index (κ3) is 11.0. The highest BCUT2D eigenvalue weighted by atomic mass is 127. The van der Waals surface area contributed by atoms with Crippen molar-refractivity contribution in [1.29, 1.82) is 0 Å². The van der Waals surface area contributed by atoms with Gasteiger partial charge in [-0.15, -0.1) is 24.0 Å². The molecule has 0 fully saturated rings. The van der Waals surface area contributed by atoms with Crippen molar-refractivity contribution in [3.05, 3.63) is 65.2 Å². The van der Waals surface area contributed by atoms with Gasteiger partial charge in [0, 0.05) is 32.7 Å². The van der Waals surface area contributed by atoms with Gasteiger partial charge in [0.05, 0.1) is 6.61 Å². The summed E-state index contributed by atoms with van der Waals surface area (Å²) in [6.07, 6.45) is -4.32. The highest BCUT2D eigenvalue weighted by Gasteiger charge is 2.27. The largest absolute Gasteiger partial charge is 0.411 e. The SMILES string of the molecule is CN=C(NCc1ccc(COCC(F)(F)F)cc1)NCc1cccc(NC(C)=O)c1.I. The molecule has 2 aromatic carbocycles. The van der Waals surface area contributed by atoms with E-state index in [1.54, 1.807) is 19.2 Å². The lowest BCUT2D eigenvalue weighted by atomic mass is 10.1. The maximum absolute atomic E-state index is 12.1. The van der Waals surface area contributed by atoms with Crippen molar-refractivity contribution in [2.75, 3.05) is 19.0 Å². The molecule has 0 aliphatic heterocycles. The van der Waals surface area contributed by atoms with Gasteiger partial charge in [0.1, 0.15) is 6.61 Å². The van der Waals surface area contributed by atoms with Gasteiger partial charge in [0.15, 0.2) is 5.96 Å². The van der Waals surface area contributed by atoms with Crippen LogP contribution < -0.4 is 16.0 Å². The number of hydrogen-bond acceptors (Lipinski definition) is 3. The van der Waals surface area contributed by atoms with E-state index in [-0.39, 0.29) is 36.5 Å². The number of carbonyl (C=O) groups is 1. The van der Waals surface area contributed by atoms with Crippen LogP contribution >= 0.6 is 24.0 Å². The minimum atomic E-state index is -4.32. The molecule has 6 nitrogen and oxygen atoms in total. The van der Waals surface area contributed by atoms with Gasteiger partial charge in [-0.3, -0.25) is 9.79 Å². The van der Waals surface area contributed by atoms with E-state index in [1.807, 2.05) is 36.4 Å². The number of amides is 1. The van der Waals surface area contributed by atoms with E-state index < -0.39 is 12.8 Å². The van der Waals surface area contributed by atoms with Crippen LogP contribution in [0.15, 0.2) is 53.5 Å². The number of alkyl halides is 3. The highest BCUT2D eigenvalue weighted by molar-refractivity contribution is 14.0. The molecule has 170 valence electrons. The minimum absolute atomic E-state index is 0. The molecule has 0 unspecified atom stereocenters. The Morgan fingerprint density at radius 1 is 1.00 bits per heavy atom. The molecule has 0 spiro atoms. The summed E-state index contributed by atoms with van der Waals surface area (Å²) in [7, 11) is 1.66. The normalized spacial score (nSPS) is 11.5. The van der Waals surface area contributed by atoms with Crippen molar-refractivity contribution in [2.24, 2.45) is 4.99 Å². The second-order valence-electron chi connectivity index (χ2n) is 6.59. The van der Waals surface area contributed by atoms with Gasteiger partial charge < -0.3 is 20.7 Å². The topological polar surface area (TPSA) is 74.8 Å². The van der Waals surface area contributed by atoms with E-state index in [9.17, 15) is 18.0 Å². The molecule has 0 saturated carbocycles. The number of nitrogens with zero attached hydrogens (tertiary/aromatic N) is 1. The molecule has 0 aliphatic carbocycles. The number of nitrogens with one attached hydrogen (secondary N) is 3. The van der Waals surface area contributed by atoms with Crippen molar-refractivity contribution in [3.63, 3.8) is 0 Å². The summed E-state index contributed by atoms with van der Waals surface area (Å²) in [6, 6.07) is 14.6. The van der Waals surface area contributed by atoms with Crippen LogP contribution in [0.1, 0.15) is 23.6 Å². The number of halogens is 4. The van der Waals surface area contributed by atoms with Crippen LogP contribution in [-0.4, -0.2) is 31.7 Å². The average molecular weight is 550 g/mol. The van der Waals surface area contributed by atoms with Crippen LogP contribution in [0, 0.1) is 0 Å². The quantitative estimate of drug-likeness (QED) is 0.262. The molecule has 0 aliphatic rings. The van der Waals surface area contributed by atoms with E-state index in [0.29, 0.717) is 24.6 Å². The Kier molecular flexibility index (Phi) is 11.3. The fourth-order valence-corrected chi connectivity index (χ4v) is 2.59. The first-order chi connectivity index (χ1) is 14.2. The molecule has 1 amide bonds. The van der Waals surface area contributed by atoms with Crippen molar-refractivity contribution in [2.45, 2.75) is 32.8 Å². The molecule has 0 heterocycles. The molecule has 0 radical (unpaired) electrons. The molecule has 31 heavy (non-hydrogen) atoms. The molecule has 0 atom stereocenters. The number of aliphatic imine (C=N–C) groups is 1. The number of guanidine groups is 1. The van der Waals surface area contributed by atoms with Crippen LogP contribution in [0.3, 0.4) is 0 Å². The van der Waals surface area contributed by atoms with Crippen molar-refractivity contribution in [3.8, 4) is 0 Å². The third-order valence-electron chi connectivity index (χ3n) is 3.95. The van der Waals surface area contributed by atoms with Gasteiger partial charge in [-0.1, -0.05) is 36.4 Å². The number of rotatable bonds is 8. The number of anilines is 1. The van der Waals surface area contributed by atoms with E-state index >= 15 is 0 Å². The highest BCUT2D eigenvalue weighted by Crippen LogP contribution is 2.16. The Balaban J connectivity index is 0.00000480. The molecular formula is C21H26F3IN4O2. The fourth-order valence-electron chi connectivity index (χ4n) is 2.59. The van der Waals surface area contributed by atoms with Crippen LogP contribution in [0.4, 0.5) is 18.9 Å². The summed E-state index contributed by atoms with van der Waals surface area (Å²) in [5, 5.41) is 9.10. The number of hydrogen-bond donors (Lipinski definition) is 3. The fraction of sp³-hybridized carbons (Fsp3) is 0.333. The Morgan fingerprint density at radius 2 is 1.61 bits per heavy atom. The van der Waals surface area contributed by atoms with Gasteiger partial charge in [0.2, 0.25) is 5.91 Å². The monoisotopic (exact) mass is 550 g/mol. The lowest BCUT2D eigenvalue weighted by Gasteiger charge is -2.13. The zero-order chi connectivity index (χ0) is 22.0. The molecule has 2 rings (SSSR count). The molecular weight excluding hydrogens is 524 g/mol. The first kappa shape index (κ1) is 26.7. The molecule has 0 bridgehead atoms. The number of benzene rings is 2. The molecule has 3 N–H and O–H groups in total. The minimum Gasteiger partial charge on any atom is -0.367 e. The van der Waals surface area contributed by atoms with Gasteiger partial charge in [-0.25, -0.2) is 0 Å². The summed E-state index contributed by atoms with van der Waals surface area (Å²) < 4.78 is 41.0. The van der Waals surface area contributed by atoms with Gasteiger partial charge >= 0.3 is 6.18 Å². The summed E-state index contributed by atoms with van der Waals surface area (Å²) in [5.74, 6) is 0.466. The smallest absolute Gasteiger partial charge is 0.367 e. The van der Waals surface area contributed by atoms with E-state index in [2.05, 4.69) is 25.7 Å². The van der Waals surface area contributed by atoms with E-state index in [0.717, 1.165) is 16.8 Å². The molecule has 0 aromatic heterocycles. The lowest BCUT2D eigenvalue weighted by molar-refractivity contribution is -0.176. The zero-order valence-corrected chi connectivity index (χ0v) is 19.6. The lowest BCUT2D eigenvalue weighted by Crippen LogP contribution is -2.36. The van der Waals surface area contributed by atoms with Gasteiger partial charge in [0.25, 0.3) is 0 Å². The summed E-state index contributed by atoms with van der Waals surface area (Å²) in [6.45, 7) is 1.12. The molecule has 10 heteroatoms. The second kappa shape index (κ2) is 13.2. The van der Waals surface area contributed by atoms with Gasteiger partial charge in [-0.05, 0) is 28.8 Å². The average Bonchev–Trinajstić information content (AvgIpc) is 2.68. The Hall–Kier alpha value is -2.34. The Morgan fingerprint density at radius 3 is 2.19 bits per heavy atom. The first-order valence-corrected chi connectivity index (χ1v) is 9.28. The summed E-state index contributed by atoms with van der Waals surface area (Å²) in [4.78, 5) is 15.3. The Bertz CT molecular complexity index is 858. The molecule has 2 aromatic rings. The number of ether oxygens (including phenoxy) is 1. The number of carbonyl (C=O) groups excluding carboxylic acids is 1. The standard InChI is InChI=1S/C21H25F3N4O2.HI/c1-15(29)28-19-5-3-4-18(10-19)12-27-20(25-2)26-11-16-6-8-17(9-7-16)13-30-14-21(22,23)24;/h3-10H,11-14H2,1-2H3,(H,28,29)(H2,25,26,27);1H. The van der Waals surface area contributed by atoms with Crippen molar-refractivity contribution < 1.29 is 22.7 Å². The van der Waals surface area contributed by atoms with E-state index in [4.69, 9.17) is 0 Å². The van der Waals surface area contributed by atoms with E-state index in [1.165, 1.54) is 6.92 Å². The van der Waals surface area contributed by atoms with Crippen LogP contribution in [0.5, 0.6) is 0 Å². The van der Waals surface area contributed by atoms with Crippen molar-refractivity contribution >= 4 is 41.5 Å². The third-order valence-corrected chi connectivity index (χ3v) is 3.95. The summed E-state index contributed by atoms with van der Waals surface area (Å²) >= 11 is 0. The summed E-state index contributed by atoms with van der Waals surface area (Å²) in [5.41, 5.74) is 3.33. The van der Waals surface area contributed by atoms with Gasteiger partial charge in [-0.2, -0.15) is 13.2 Å². The van der Waals surface area contributed by atoms with Crippen LogP contribution in [0.2, 0.25) is 0 Å². The maximum Gasteiger partial charge on any atom is 0.411 e. The zero-order valence-electron chi connectivity index (χ0n) is 17.3. The first-order valence-electron chi connectivity index (χ1n) is 9.28. The predicted octanol–water partition coefficient (Wildman–Crippen LogP) is 4.21. The molecule has 0 saturated heterocycles.